The monoisotopic (exact) mass is 1920 g/mol. The summed E-state index contributed by atoms with van der Waals surface area (Å²) in [6, 6.07) is 148. The number of aromatic nitrogens is 5. The van der Waals surface area contributed by atoms with Crippen molar-refractivity contribution in [2.75, 3.05) is 0 Å². The highest BCUT2D eigenvalue weighted by molar-refractivity contribution is 7.02. The third kappa shape index (κ3) is 11.3. The molecule has 0 saturated heterocycles. The normalized spacial score (nSPS) is 15.4. The summed E-state index contributed by atoms with van der Waals surface area (Å²) in [7, 11) is 0. The summed E-state index contributed by atoms with van der Waals surface area (Å²) in [4.78, 5) is 0. The summed E-state index contributed by atoms with van der Waals surface area (Å²) in [5.74, 6) is 0. The van der Waals surface area contributed by atoms with Crippen LogP contribution in [0.1, 0.15) is 153 Å². The number of aryl methyl sites for hydroxylation is 5. The number of para-hydroxylation sites is 10. The van der Waals surface area contributed by atoms with E-state index in [-0.39, 0.29) is 27.1 Å². The van der Waals surface area contributed by atoms with Crippen molar-refractivity contribution in [2.24, 2.45) is 0 Å². The molecule has 710 valence electrons. The number of benzene rings is 20. The lowest BCUT2D eigenvalue weighted by Gasteiger charge is -2.42. The molecule has 0 amide bonds. The van der Waals surface area contributed by atoms with Crippen molar-refractivity contribution in [1.29, 1.82) is 0 Å². The molecule has 10 aliphatic heterocycles. The maximum atomic E-state index is 2.53. The first kappa shape index (κ1) is 87.9. The van der Waals surface area contributed by atoms with Crippen LogP contribution in [0.15, 0.2) is 394 Å². The molecule has 20 aromatic carbocycles. The van der Waals surface area contributed by atoms with E-state index in [0.29, 0.717) is 33.6 Å². The van der Waals surface area contributed by atoms with E-state index in [9.17, 15) is 0 Å². The van der Waals surface area contributed by atoms with Gasteiger partial charge in [-0.15, -0.1) is 0 Å². The van der Waals surface area contributed by atoms with Gasteiger partial charge < -0.3 is 22.8 Å². The van der Waals surface area contributed by atoms with Gasteiger partial charge in [0.15, 0.2) is 0 Å². The Morgan fingerprint density at radius 3 is 0.873 bits per heavy atom. The largest absolute Gasteiger partial charge is 0.310 e. The van der Waals surface area contributed by atoms with E-state index < -0.39 is 0 Å². The van der Waals surface area contributed by atoms with E-state index in [0.717, 1.165) is 0 Å². The number of nitrogens with zero attached hydrogens (tertiary/aromatic N) is 5. The Labute approximate surface area is 878 Å². The van der Waals surface area contributed by atoms with E-state index in [1.54, 1.807) is 0 Å². The average Bonchev–Trinajstić information content (AvgIpc) is 1.44. The molecule has 10 aliphatic rings. The summed E-state index contributed by atoms with van der Waals surface area (Å²) in [5, 5.41) is 13.5. The maximum absolute atomic E-state index is 2.53. The molecule has 0 fully saturated rings. The molecular formula is C140H110B5N5. The molecule has 0 unspecified atom stereocenters. The molecule has 0 bridgehead atoms. The molecular weight excluding hydrogens is 1810 g/mol. The molecule has 150 heavy (non-hydrogen) atoms. The van der Waals surface area contributed by atoms with Crippen LogP contribution in [-0.4, -0.2) is 56.4 Å². The minimum atomic E-state index is -0.0170. The SMILES string of the molecule is Cc1ccc2c(c1)B1c3c(cccc3C2(C)C)-n2c3ccccc3c3cccc1c32.Cc1ccc2c(c1)C(C)(C)c1cccc3c1B2c1cccc2c4ccccc4n-3c12.Cc1ccc2c3c1C(C)(C)c1ccccc1B3c1cccc3c4ccccc4n-2c13.Cc1cccc2c1B1c3c(cccc3C2(C)C)-n2c3ccccc3c3cccc1c32.Cc1cccc2c1C(C)(C)c1cccc3c1B2c1cccc2c4ccccc4n-3c12. The molecule has 0 saturated carbocycles. The van der Waals surface area contributed by atoms with Crippen LogP contribution < -0.4 is 81.9 Å². The first-order valence-electron chi connectivity index (χ1n) is 54.2. The van der Waals surface area contributed by atoms with Crippen molar-refractivity contribution < 1.29 is 0 Å². The zero-order valence-corrected chi connectivity index (χ0v) is 87.7. The predicted molar refractivity (Wildman–Crippen MR) is 644 cm³/mol. The fourth-order valence-corrected chi connectivity index (χ4v) is 31.8. The van der Waals surface area contributed by atoms with Crippen molar-refractivity contribution in [2.45, 2.75) is 131 Å². The van der Waals surface area contributed by atoms with E-state index >= 15 is 0 Å². The molecule has 0 radical (unpaired) electrons. The standard InChI is InChI=1S/5C28H22BN/c1-17-15-16-24-26-25(17)28(2,3)20-11-5-6-12-21(20)29(26)22-13-8-10-19-18-9-4-7-14-23(18)30(24)27(19)22;1-17-9-6-13-21-25(17)28(2,3)20-12-8-16-24-26(20)29(21)22-14-7-11-19-18-10-4-5-15-23(18)30(24)27(19)22;1-17-9-6-12-20-25(17)29-22-14-7-11-19-18-10-4-5-15-23(18)30(27(19)22)24-16-8-13-21(26(24)29)28(20,2)3;1-17-14-15-20-23(16-17)29-22-11-6-9-19-18-8-4-5-12-24(18)30(27(19)22)25-13-7-10-21(26(25)29)28(20,2)3;1-17-14-15-22-21(16-17)28(2,3)20-10-7-13-25-26(20)29(22)23-11-6-9-19-18-8-4-5-12-24(18)30(25)27(19)23/h5*4-16H,1-3H3. The Kier molecular flexibility index (Phi) is 18.0. The molecule has 10 heteroatoms. The van der Waals surface area contributed by atoms with E-state index in [4.69, 9.17) is 0 Å². The van der Waals surface area contributed by atoms with Crippen LogP contribution in [0, 0.1) is 34.6 Å². The van der Waals surface area contributed by atoms with Crippen LogP contribution in [0.5, 0.6) is 0 Å². The van der Waals surface area contributed by atoms with Gasteiger partial charge in [0.25, 0.3) is 0 Å². The molecule has 5 aromatic heterocycles. The summed E-state index contributed by atoms with van der Waals surface area (Å²) in [6.45, 7) is 36.6. The third-order valence-corrected chi connectivity index (χ3v) is 37.8. The lowest BCUT2D eigenvalue weighted by molar-refractivity contribution is 0.640. The van der Waals surface area contributed by atoms with Crippen LogP contribution in [0.25, 0.3) is 137 Å². The quantitative estimate of drug-likeness (QED) is 0.135. The smallest absolute Gasteiger partial charge is 0.247 e. The molecule has 0 N–H and O–H groups in total. The minimum absolute atomic E-state index is 0.0147. The summed E-state index contributed by atoms with van der Waals surface area (Å²) >= 11 is 0. The van der Waals surface area contributed by atoms with Crippen molar-refractivity contribution in [1.82, 2.24) is 22.8 Å². The van der Waals surface area contributed by atoms with Crippen LogP contribution in [0.2, 0.25) is 0 Å². The molecule has 35 rings (SSSR count). The molecule has 15 heterocycles. The second kappa shape index (κ2) is 30.7. The lowest BCUT2D eigenvalue weighted by atomic mass is 9.30. The third-order valence-electron chi connectivity index (χ3n) is 37.8. The maximum Gasteiger partial charge on any atom is 0.247 e. The fourth-order valence-electron chi connectivity index (χ4n) is 31.8. The zero-order valence-electron chi connectivity index (χ0n) is 87.7. The highest BCUT2D eigenvalue weighted by atomic mass is 15.0. The van der Waals surface area contributed by atoms with Gasteiger partial charge in [-0.05, 0) is 217 Å². The number of hydrogen-bond acceptors (Lipinski definition) is 0. The predicted octanol–water partition coefficient (Wildman–Crippen LogP) is 22.8. The highest BCUT2D eigenvalue weighted by Gasteiger charge is 2.53. The number of rotatable bonds is 0. The zero-order chi connectivity index (χ0) is 101. The van der Waals surface area contributed by atoms with Crippen LogP contribution >= 0.6 is 0 Å². The number of hydrogen-bond donors (Lipinski definition) is 0. The van der Waals surface area contributed by atoms with Gasteiger partial charge in [-0.25, -0.2) is 0 Å². The van der Waals surface area contributed by atoms with Gasteiger partial charge in [0.05, 0.1) is 27.6 Å². The Morgan fingerprint density at radius 1 is 0.160 bits per heavy atom. The Bertz CT molecular complexity index is 10200. The summed E-state index contributed by atoms with van der Waals surface area (Å²) in [5.41, 5.74) is 63.7. The highest BCUT2D eigenvalue weighted by Crippen LogP contribution is 2.49. The lowest BCUT2D eigenvalue weighted by Crippen LogP contribution is -2.64. The van der Waals surface area contributed by atoms with Crippen molar-refractivity contribution >= 4 is 225 Å². The van der Waals surface area contributed by atoms with Crippen LogP contribution in [0.4, 0.5) is 0 Å². The van der Waals surface area contributed by atoms with Gasteiger partial charge in [-0.2, -0.15) is 0 Å². The van der Waals surface area contributed by atoms with E-state index in [1.807, 2.05) is 0 Å². The van der Waals surface area contributed by atoms with Crippen molar-refractivity contribution in [3.8, 4) is 28.4 Å². The van der Waals surface area contributed by atoms with Gasteiger partial charge in [0, 0.05) is 137 Å². The van der Waals surface area contributed by atoms with Crippen LogP contribution in [-0.2, 0) is 27.1 Å². The van der Waals surface area contributed by atoms with Gasteiger partial charge in [0.1, 0.15) is 0 Å². The molecule has 0 aliphatic carbocycles. The summed E-state index contributed by atoms with van der Waals surface area (Å²) < 4.78 is 12.6. The Morgan fingerprint density at radius 2 is 0.427 bits per heavy atom. The molecule has 5 nitrogen and oxygen atoms in total. The Balaban J connectivity index is 0.0000000844. The molecule has 25 aromatic rings. The second-order valence-electron chi connectivity index (χ2n) is 47.3. The van der Waals surface area contributed by atoms with Crippen molar-refractivity contribution in [3.63, 3.8) is 0 Å². The topological polar surface area (TPSA) is 24.6 Å². The second-order valence-corrected chi connectivity index (χ2v) is 47.3. The van der Waals surface area contributed by atoms with Crippen molar-refractivity contribution in [3.05, 3.63) is 478 Å². The molecule has 0 spiro atoms. The summed E-state index contributed by atoms with van der Waals surface area (Å²) in [6.07, 6.45) is 0. The Hall–Kier alpha value is -16.3. The van der Waals surface area contributed by atoms with Gasteiger partial charge in [0.2, 0.25) is 33.6 Å². The van der Waals surface area contributed by atoms with E-state index in [1.165, 1.54) is 303 Å². The van der Waals surface area contributed by atoms with Gasteiger partial charge in [-0.1, -0.05) is 447 Å². The first-order chi connectivity index (χ1) is 72.9. The number of fused-ring (bicyclic) bond motifs is 35. The molecule has 0 atom stereocenters. The van der Waals surface area contributed by atoms with Gasteiger partial charge >= 0.3 is 0 Å². The first-order valence-corrected chi connectivity index (χ1v) is 54.2. The average molecular weight is 1920 g/mol. The van der Waals surface area contributed by atoms with Gasteiger partial charge in [-0.3, -0.25) is 0 Å². The van der Waals surface area contributed by atoms with E-state index in [2.05, 4.69) is 521 Å². The van der Waals surface area contributed by atoms with Crippen LogP contribution in [0.3, 0.4) is 0 Å². The minimum Gasteiger partial charge on any atom is -0.310 e. The fraction of sp³-hybridized carbons (Fsp3) is 0.143.